The van der Waals surface area contributed by atoms with Gasteiger partial charge in [0.15, 0.2) is 0 Å². The van der Waals surface area contributed by atoms with E-state index in [-0.39, 0.29) is 0 Å². The summed E-state index contributed by atoms with van der Waals surface area (Å²) in [6.07, 6.45) is 3.44. The number of carboxylic acids is 1. The Morgan fingerprint density at radius 2 is 2.06 bits per heavy atom. The van der Waals surface area contributed by atoms with E-state index in [0.717, 1.165) is 0 Å². The zero-order valence-electron chi connectivity index (χ0n) is 9.05. The summed E-state index contributed by atoms with van der Waals surface area (Å²) in [5, 5.41) is 8.81. The van der Waals surface area contributed by atoms with Crippen LogP contribution < -0.4 is 0 Å². The second-order valence-electron chi connectivity index (χ2n) is 3.80. The smallest absolute Gasteiger partial charge is 0.337 e. The molecular formula is C13H13NO2. The number of carboxylic acid groups (broad SMARTS) is 1. The summed E-state index contributed by atoms with van der Waals surface area (Å²) in [5.74, 6) is -0.886. The molecule has 1 N–H and O–H groups in total. The first-order chi connectivity index (χ1) is 7.66. The molecular weight excluding hydrogens is 202 g/mol. The van der Waals surface area contributed by atoms with E-state index in [9.17, 15) is 4.79 Å². The van der Waals surface area contributed by atoms with Crippen LogP contribution in [0.2, 0.25) is 0 Å². The van der Waals surface area contributed by atoms with Crippen LogP contribution in [-0.4, -0.2) is 15.6 Å². The second-order valence-corrected chi connectivity index (χ2v) is 3.80. The molecule has 0 amide bonds. The lowest BCUT2D eigenvalue weighted by atomic mass is 10.1. The van der Waals surface area contributed by atoms with E-state index in [4.69, 9.17) is 5.11 Å². The lowest BCUT2D eigenvalue weighted by Crippen LogP contribution is -1.99. The normalized spacial score (nSPS) is 10.3. The summed E-state index contributed by atoms with van der Waals surface area (Å²) < 4.78 is 1.88. The van der Waals surface area contributed by atoms with Gasteiger partial charge in [-0.3, -0.25) is 0 Å². The van der Waals surface area contributed by atoms with Gasteiger partial charge in [0.2, 0.25) is 0 Å². The second kappa shape index (κ2) is 4.23. The predicted molar refractivity (Wildman–Crippen MR) is 61.7 cm³/mol. The largest absolute Gasteiger partial charge is 0.478 e. The third kappa shape index (κ3) is 2.14. The van der Waals surface area contributed by atoms with Gasteiger partial charge in [0.05, 0.1) is 5.56 Å². The number of aryl methyl sites for hydroxylation is 1. The molecule has 1 aromatic carbocycles. The molecule has 0 spiro atoms. The molecule has 1 aromatic heterocycles. The van der Waals surface area contributed by atoms with E-state index >= 15 is 0 Å². The Labute approximate surface area is 94.0 Å². The molecule has 0 atom stereocenters. The van der Waals surface area contributed by atoms with Gasteiger partial charge in [-0.2, -0.15) is 0 Å². The van der Waals surface area contributed by atoms with Crippen molar-refractivity contribution in [3.63, 3.8) is 0 Å². The minimum absolute atomic E-state index is 0.327. The van der Waals surface area contributed by atoms with Crippen LogP contribution in [0.25, 0.3) is 0 Å². The number of nitrogens with zero attached hydrogens (tertiary/aromatic N) is 1. The lowest BCUT2D eigenvalue weighted by Gasteiger charge is -2.06. The molecule has 82 valence electrons. The topological polar surface area (TPSA) is 42.2 Å². The highest BCUT2D eigenvalue weighted by Gasteiger charge is 2.05. The van der Waals surface area contributed by atoms with Crippen molar-refractivity contribution in [2.45, 2.75) is 13.5 Å². The van der Waals surface area contributed by atoms with E-state index in [1.165, 1.54) is 11.1 Å². The van der Waals surface area contributed by atoms with Gasteiger partial charge < -0.3 is 9.67 Å². The van der Waals surface area contributed by atoms with E-state index in [1.807, 2.05) is 16.7 Å². The van der Waals surface area contributed by atoms with Crippen LogP contribution in [0.15, 0.2) is 42.7 Å². The monoisotopic (exact) mass is 215 g/mol. The van der Waals surface area contributed by atoms with Gasteiger partial charge in [-0.25, -0.2) is 4.79 Å². The Hall–Kier alpha value is -2.03. The molecule has 0 saturated carbocycles. The van der Waals surface area contributed by atoms with Crippen LogP contribution in [0.4, 0.5) is 0 Å². The summed E-state index contributed by atoms with van der Waals surface area (Å²) in [7, 11) is 0. The average Bonchev–Trinajstić information content (AvgIpc) is 2.70. The van der Waals surface area contributed by atoms with E-state index < -0.39 is 5.97 Å². The van der Waals surface area contributed by atoms with Crippen LogP contribution in [0.3, 0.4) is 0 Å². The van der Waals surface area contributed by atoms with Crippen LogP contribution >= 0.6 is 0 Å². The molecule has 0 aliphatic carbocycles. The number of hydrogen-bond acceptors (Lipinski definition) is 1. The maximum atomic E-state index is 10.7. The SMILES string of the molecule is Cc1ccccc1Cn1ccc(C(=O)O)c1. The van der Waals surface area contributed by atoms with Crippen molar-refractivity contribution in [1.82, 2.24) is 4.57 Å². The molecule has 0 bridgehead atoms. The van der Waals surface area contributed by atoms with Crippen LogP contribution in [0, 0.1) is 6.92 Å². The zero-order chi connectivity index (χ0) is 11.5. The van der Waals surface area contributed by atoms with Crippen LogP contribution in [-0.2, 0) is 6.54 Å². The quantitative estimate of drug-likeness (QED) is 0.854. The number of carbonyl (C=O) groups is 1. The molecule has 0 fully saturated rings. The van der Waals surface area contributed by atoms with Crippen molar-refractivity contribution in [2.24, 2.45) is 0 Å². The maximum absolute atomic E-state index is 10.7. The number of benzene rings is 1. The molecule has 0 radical (unpaired) electrons. The van der Waals surface area contributed by atoms with Crippen molar-refractivity contribution < 1.29 is 9.90 Å². The number of aromatic carboxylic acids is 1. The minimum atomic E-state index is -0.886. The Morgan fingerprint density at radius 1 is 1.31 bits per heavy atom. The highest BCUT2D eigenvalue weighted by Crippen LogP contribution is 2.10. The van der Waals surface area contributed by atoms with Gasteiger partial charge >= 0.3 is 5.97 Å². The molecule has 1 heterocycles. The van der Waals surface area contributed by atoms with Gasteiger partial charge in [-0.1, -0.05) is 24.3 Å². The highest BCUT2D eigenvalue weighted by atomic mass is 16.4. The maximum Gasteiger partial charge on any atom is 0.337 e. The van der Waals surface area contributed by atoms with Gasteiger partial charge in [-0.15, -0.1) is 0 Å². The molecule has 2 rings (SSSR count). The van der Waals surface area contributed by atoms with Crippen molar-refractivity contribution in [3.05, 3.63) is 59.4 Å². The molecule has 3 nitrogen and oxygen atoms in total. The standard InChI is InChI=1S/C13H13NO2/c1-10-4-2-3-5-11(10)8-14-7-6-12(9-14)13(15)16/h2-7,9H,8H2,1H3,(H,15,16). The number of hydrogen-bond donors (Lipinski definition) is 1. The molecule has 0 unspecified atom stereocenters. The van der Waals surface area contributed by atoms with Crippen LogP contribution in [0.1, 0.15) is 21.5 Å². The van der Waals surface area contributed by atoms with E-state index in [2.05, 4.69) is 19.1 Å². The van der Waals surface area contributed by atoms with Crippen molar-refractivity contribution in [1.29, 1.82) is 0 Å². The Morgan fingerprint density at radius 3 is 2.69 bits per heavy atom. The molecule has 3 heteroatoms. The minimum Gasteiger partial charge on any atom is -0.478 e. The summed E-state index contributed by atoms with van der Waals surface area (Å²) >= 11 is 0. The lowest BCUT2D eigenvalue weighted by molar-refractivity contribution is 0.0697. The summed E-state index contributed by atoms with van der Waals surface area (Å²) in [6.45, 7) is 2.76. The van der Waals surface area contributed by atoms with Crippen molar-refractivity contribution >= 4 is 5.97 Å². The third-order valence-corrected chi connectivity index (χ3v) is 2.61. The summed E-state index contributed by atoms with van der Waals surface area (Å²) in [4.78, 5) is 10.7. The Kier molecular flexibility index (Phi) is 2.77. The Bertz CT molecular complexity index is 514. The van der Waals surface area contributed by atoms with Gasteiger partial charge in [-0.05, 0) is 24.1 Å². The van der Waals surface area contributed by atoms with E-state index in [1.54, 1.807) is 18.5 Å². The zero-order valence-corrected chi connectivity index (χ0v) is 9.05. The molecule has 0 aliphatic heterocycles. The van der Waals surface area contributed by atoms with Crippen LogP contribution in [0.5, 0.6) is 0 Å². The first-order valence-corrected chi connectivity index (χ1v) is 5.10. The fourth-order valence-electron chi connectivity index (χ4n) is 1.65. The highest BCUT2D eigenvalue weighted by molar-refractivity contribution is 5.87. The number of rotatable bonds is 3. The summed E-state index contributed by atoms with van der Waals surface area (Å²) in [5.41, 5.74) is 2.75. The van der Waals surface area contributed by atoms with Crippen molar-refractivity contribution in [2.75, 3.05) is 0 Å². The third-order valence-electron chi connectivity index (χ3n) is 2.61. The number of aromatic nitrogens is 1. The molecule has 0 saturated heterocycles. The molecule has 16 heavy (non-hydrogen) atoms. The fourth-order valence-corrected chi connectivity index (χ4v) is 1.65. The van der Waals surface area contributed by atoms with Gasteiger partial charge in [0.1, 0.15) is 0 Å². The predicted octanol–water partition coefficient (Wildman–Crippen LogP) is 2.54. The van der Waals surface area contributed by atoms with E-state index in [0.29, 0.717) is 12.1 Å². The first kappa shape index (κ1) is 10.5. The molecule has 0 aliphatic rings. The first-order valence-electron chi connectivity index (χ1n) is 5.10. The average molecular weight is 215 g/mol. The fraction of sp³-hybridized carbons (Fsp3) is 0.154. The van der Waals surface area contributed by atoms with Gasteiger partial charge in [0, 0.05) is 18.9 Å². The Balaban J connectivity index is 2.21. The molecule has 2 aromatic rings. The summed E-state index contributed by atoms with van der Waals surface area (Å²) in [6, 6.07) is 9.70. The van der Waals surface area contributed by atoms with Crippen molar-refractivity contribution in [3.8, 4) is 0 Å². The van der Waals surface area contributed by atoms with Gasteiger partial charge in [0.25, 0.3) is 0 Å².